The Morgan fingerprint density at radius 2 is 1.26 bits per heavy atom. The molecule has 0 saturated heterocycles. The van der Waals surface area contributed by atoms with Crippen LogP contribution in [-0.4, -0.2) is 16.1 Å². The average molecular weight is 476 g/mol. The number of hydrogen-bond acceptors (Lipinski definition) is 3. The van der Waals surface area contributed by atoms with E-state index in [4.69, 9.17) is 0 Å². The van der Waals surface area contributed by atoms with Crippen LogP contribution < -0.4 is 10.6 Å². The molecule has 0 radical (unpaired) electrons. The van der Waals surface area contributed by atoms with E-state index in [1.807, 2.05) is 5.32 Å². The molecular weight excluding hydrogens is 467 g/mol. The Bertz CT molecular complexity index is 982. The summed E-state index contributed by atoms with van der Waals surface area (Å²) in [6.07, 6.45) is -15.2. The van der Waals surface area contributed by atoms with Crippen molar-refractivity contribution in [3.05, 3.63) is 58.7 Å². The zero-order chi connectivity index (χ0) is 23.8. The van der Waals surface area contributed by atoms with E-state index >= 15 is 0 Å². The normalized spacial score (nSPS) is 12.4. The van der Waals surface area contributed by atoms with Crippen LogP contribution in [0.25, 0.3) is 0 Å². The second kappa shape index (κ2) is 8.24. The highest BCUT2D eigenvalue weighted by Crippen LogP contribution is 2.37. The number of nitrogens with one attached hydrogen (secondary N) is 2. The quantitative estimate of drug-likeness (QED) is 0.301. The molecule has 168 valence electrons. The van der Waals surface area contributed by atoms with E-state index in [1.165, 1.54) is 0 Å². The Hall–Kier alpha value is -3.03. The number of phenolic OH excluding ortho intramolecular Hbond substituents is 1. The van der Waals surface area contributed by atoms with Gasteiger partial charge in [0.25, 0.3) is 5.91 Å². The monoisotopic (exact) mass is 476 g/mol. The number of thiocarbonyl (C=S) groups is 1. The number of alkyl halides is 9. The van der Waals surface area contributed by atoms with Crippen molar-refractivity contribution in [1.82, 2.24) is 5.32 Å². The Kier molecular flexibility index (Phi) is 6.45. The summed E-state index contributed by atoms with van der Waals surface area (Å²) >= 11 is 4.64. The zero-order valence-corrected chi connectivity index (χ0v) is 15.4. The molecule has 0 atom stereocenters. The Morgan fingerprint density at radius 3 is 1.71 bits per heavy atom. The molecule has 0 spiro atoms. The molecule has 0 bridgehead atoms. The average Bonchev–Trinajstić information content (AvgIpc) is 2.60. The van der Waals surface area contributed by atoms with Gasteiger partial charge >= 0.3 is 18.5 Å². The first kappa shape index (κ1) is 24.2. The number of benzene rings is 2. The van der Waals surface area contributed by atoms with E-state index in [-0.39, 0.29) is 18.2 Å². The Labute approximate surface area is 172 Å². The van der Waals surface area contributed by atoms with Crippen molar-refractivity contribution in [1.29, 1.82) is 0 Å². The summed E-state index contributed by atoms with van der Waals surface area (Å²) in [5, 5.41) is 12.6. The third-order valence-electron chi connectivity index (χ3n) is 3.65. The van der Waals surface area contributed by atoms with Crippen LogP contribution in [0.5, 0.6) is 5.75 Å². The van der Waals surface area contributed by atoms with Gasteiger partial charge in [0.15, 0.2) is 5.11 Å². The molecule has 2 aromatic carbocycles. The van der Waals surface area contributed by atoms with Gasteiger partial charge in [-0.25, -0.2) is 0 Å². The SMILES string of the molecule is O=C(NC(=S)Nc1cc(C(F)(F)F)ccc1O)c1cc(C(F)(F)F)cc(C(F)(F)F)c1. The molecule has 14 heteroatoms. The lowest BCUT2D eigenvalue weighted by atomic mass is 10.0. The van der Waals surface area contributed by atoms with Gasteiger partial charge in [-0.3, -0.25) is 10.1 Å². The summed E-state index contributed by atoms with van der Waals surface area (Å²) in [6, 6.07) is 1.75. The Morgan fingerprint density at radius 1 is 0.774 bits per heavy atom. The number of rotatable bonds is 2. The molecule has 1 amide bonds. The molecule has 0 unspecified atom stereocenters. The molecule has 0 aliphatic carbocycles. The minimum Gasteiger partial charge on any atom is -0.506 e. The molecule has 0 saturated carbocycles. The molecule has 4 nitrogen and oxygen atoms in total. The predicted molar refractivity (Wildman–Crippen MR) is 93.2 cm³/mol. The van der Waals surface area contributed by atoms with Crippen LogP contribution in [0.1, 0.15) is 27.0 Å². The van der Waals surface area contributed by atoms with E-state index in [2.05, 4.69) is 12.2 Å². The number of halogens is 9. The summed E-state index contributed by atoms with van der Waals surface area (Å²) in [6.45, 7) is 0. The number of hydrogen-bond donors (Lipinski definition) is 3. The van der Waals surface area contributed by atoms with Gasteiger partial charge in [-0.15, -0.1) is 0 Å². The molecule has 2 rings (SSSR count). The van der Waals surface area contributed by atoms with Crippen LogP contribution in [-0.2, 0) is 18.5 Å². The van der Waals surface area contributed by atoms with E-state index in [1.54, 1.807) is 5.32 Å². The van der Waals surface area contributed by atoms with E-state index in [0.717, 1.165) is 0 Å². The molecule has 0 aliphatic heterocycles. The fraction of sp³-hybridized carbons (Fsp3) is 0.176. The first-order valence-corrected chi connectivity index (χ1v) is 8.21. The predicted octanol–water partition coefficient (Wildman–Crippen LogP) is 5.58. The molecule has 0 fully saturated rings. The fourth-order valence-electron chi connectivity index (χ4n) is 2.23. The van der Waals surface area contributed by atoms with Gasteiger partial charge in [0.05, 0.1) is 22.4 Å². The van der Waals surface area contributed by atoms with Crippen molar-refractivity contribution in [2.45, 2.75) is 18.5 Å². The van der Waals surface area contributed by atoms with E-state index in [9.17, 15) is 49.4 Å². The Balaban J connectivity index is 2.29. The third kappa shape index (κ3) is 6.23. The van der Waals surface area contributed by atoms with Crippen molar-refractivity contribution in [2.24, 2.45) is 0 Å². The van der Waals surface area contributed by atoms with Gasteiger partial charge in [0.2, 0.25) is 0 Å². The van der Waals surface area contributed by atoms with Gasteiger partial charge in [-0.2, -0.15) is 39.5 Å². The van der Waals surface area contributed by atoms with Crippen LogP contribution in [0.2, 0.25) is 0 Å². The number of anilines is 1. The maximum absolute atomic E-state index is 12.9. The number of aromatic hydroxyl groups is 1. The second-order valence-electron chi connectivity index (χ2n) is 5.93. The lowest BCUT2D eigenvalue weighted by molar-refractivity contribution is -0.143. The number of carbonyl (C=O) groups is 1. The smallest absolute Gasteiger partial charge is 0.416 e. The molecule has 31 heavy (non-hydrogen) atoms. The van der Waals surface area contributed by atoms with Crippen LogP contribution in [0.3, 0.4) is 0 Å². The minimum absolute atomic E-state index is 0.148. The highest BCUT2D eigenvalue weighted by atomic mass is 32.1. The fourth-order valence-corrected chi connectivity index (χ4v) is 2.43. The van der Waals surface area contributed by atoms with Crippen molar-refractivity contribution in [3.63, 3.8) is 0 Å². The summed E-state index contributed by atoms with van der Waals surface area (Å²) in [7, 11) is 0. The standard InChI is InChI=1S/C17H9F9N2O2S/c18-15(19,20)8-1-2-12(29)11(6-8)27-14(31)28-13(30)7-3-9(16(21,22)23)5-10(4-7)17(24,25)26/h1-6,29H,(H2,27,28,30,31). The topological polar surface area (TPSA) is 61.4 Å². The van der Waals surface area contributed by atoms with Crippen LogP contribution in [0.15, 0.2) is 36.4 Å². The van der Waals surface area contributed by atoms with E-state index < -0.39 is 63.2 Å². The zero-order valence-electron chi connectivity index (χ0n) is 14.6. The molecule has 3 N–H and O–H groups in total. The van der Waals surface area contributed by atoms with Crippen LogP contribution >= 0.6 is 12.2 Å². The van der Waals surface area contributed by atoms with Gasteiger partial charge in [-0.05, 0) is 48.6 Å². The molecule has 0 heterocycles. The second-order valence-corrected chi connectivity index (χ2v) is 6.34. The molecule has 0 aromatic heterocycles. The summed E-state index contributed by atoms with van der Waals surface area (Å²) in [4.78, 5) is 12.1. The summed E-state index contributed by atoms with van der Waals surface area (Å²) in [5.74, 6) is -2.22. The van der Waals surface area contributed by atoms with Crippen molar-refractivity contribution < 1.29 is 49.4 Å². The first-order chi connectivity index (χ1) is 14.0. The lowest BCUT2D eigenvalue weighted by Crippen LogP contribution is -2.34. The largest absolute Gasteiger partial charge is 0.506 e. The van der Waals surface area contributed by atoms with Crippen molar-refractivity contribution >= 4 is 28.9 Å². The highest BCUT2D eigenvalue weighted by molar-refractivity contribution is 7.80. The van der Waals surface area contributed by atoms with Gasteiger partial charge in [0.1, 0.15) is 5.75 Å². The van der Waals surface area contributed by atoms with E-state index in [0.29, 0.717) is 18.2 Å². The van der Waals surface area contributed by atoms with Gasteiger partial charge in [-0.1, -0.05) is 0 Å². The molecular formula is C17H9F9N2O2S. The number of carbonyl (C=O) groups excluding carboxylic acids is 1. The lowest BCUT2D eigenvalue weighted by Gasteiger charge is -2.15. The highest BCUT2D eigenvalue weighted by Gasteiger charge is 2.37. The summed E-state index contributed by atoms with van der Waals surface area (Å²) < 4.78 is 115. The van der Waals surface area contributed by atoms with Gasteiger partial charge in [0, 0.05) is 5.56 Å². The maximum Gasteiger partial charge on any atom is 0.416 e. The van der Waals surface area contributed by atoms with Crippen molar-refractivity contribution in [3.8, 4) is 5.75 Å². The number of phenols is 1. The number of amides is 1. The summed E-state index contributed by atoms with van der Waals surface area (Å²) in [5.41, 5.74) is -6.36. The maximum atomic E-state index is 12.9. The van der Waals surface area contributed by atoms with Crippen LogP contribution in [0.4, 0.5) is 45.2 Å². The third-order valence-corrected chi connectivity index (χ3v) is 3.85. The first-order valence-electron chi connectivity index (χ1n) is 7.80. The van der Waals surface area contributed by atoms with Crippen molar-refractivity contribution in [2.75, 3.05) is 5.32 Å². The molecule has 2 aromatic rings. The van der Waals surface area contributed by atoms with Gasteiger partial charge < -0.3 is 10.4 Å². The van der Waals surface area contributed by atoms with Crippen LogP contribution in [0, 0.1) is 0 Å². The minimum atomic E-state index is -5.20. The molecule has 0 aliphatic rings.